The molecule has 8 nitrogen and oxygen atoms in total. The Bertz CT molecular complexity index is 1320. The van der Waals surface area contributed by atoms with Gasteiger partial charge in [0.1, 0.15) is 18.3 Å². The molecule has 10 heteroatoms. The first kappa shape index (κ1) is 28.2. The monoisotopic (exact) mass is 587 g/mol. The zero-order valence-corrected chi connectivity index (χ0v) is 23.3. The van der Waals surface area contributed by atoms with Crippen LogP contribution in [0.15, 0.2) is 88.2 Å². The minimum Gasteiger partial charge on any atom is -0.492 e. The van der Waals surface area contributed by atoms with Crippen LogP contribution in [-0.4, -0.2) is 51.4 Å². The fourth-order valence-corrected chi connectivity index (χ4v) is 5.46. The van der Waals surface area contributed by atoms with Crippen LogP contribution in [-0.2, 0) is 26.2 Å². The van der Waals surface area contributed by atoms with E-state index in [0.717, 1.165) is 14.3 Å². The Hall–Kier alpha value is -3.37. The largest absolute Gasteiger partial charge is 0.492 e. The Labute approximate surface area is 226 Å². The van der Waals surface area contributed by atoms with E-state index < -0.39 is 28.5 Å². The molecule has 0 saturated heterocycles. The van der Waals surface area contributed by atoms with Crippen LogP contribution in [0.4, 0.5) is 5.69 Å². The molecule has 0 aromatic heterocycles. The van der Waals surface area contributed by atoms with Gasteiger partial charge < -0.3 is 15.0 Å². The molecule has 0 radical (unpaired) electrons. The zero-order chi connectivity index (χ0) is 27.0. The first-order chi connectivity index (χ1) is 17.7. The number of halogens is 1. The summed E-state index contributed by atoms with van der Waals surface area (Å²) in [5.41, 5.74) is 1.03. The molecule has 2 amide bonds. The topological polar surface area (TPSA) is 96.0 Å². The third-order valence-electron chi connectivity index (χ3n) is 5.72. The maximum absolute atomic E-state index is 13.8. The lowest BCUT2D eigenvalue weighted by atomic mass is 10.1. The number of benzene rings is 3. The molecule has 0 aliphatic rings. The first-order valence-corrected chi connectivity index (χ1v) is 14.0. The van der Waals surface area contributed by atoms with Gasteiger partial charge in [0.25, 0.3) is 10.0 Å². The quantitative estimate of drug-likeness (QED) is 0.362. The fraction of sp³-hybridized carbons (Fsp3) is 0.259. The van der Waals surface area contributed by atoms with Gasteiger partial charge in [-0.2, -0.15) is 0 Å². The number of carbonyl (C=O) groups is 2. The molecule has 3 aromatic rings. The van der Waals surface area contributed by atoms with E-state index in [1.165, 1.54) is 24.1 Å². The van der Waals surface area contributed by atoms with Crippen LogP contribution in [0.25, 0.3) is 0 Å². The van der Waals surface area contributed by atoms with Gasteiger partial charge in [0.15, 0.2) is 0 Å². The first-order valence-electron chi connectivity index (χ1n) is 11.7. The number of nitrogens with zero attached hydrogens (tertiary/aromatic N) is 2. The van der Waals surface area contributed by atoms with E-state index in [1.807, 2.05) is 24.3 Å². The van der Waals surface area contributed by atoms with Crippen LogP contribution in [0, 0.1) is 0 Å². The second-order valence-corrected chi connectivity index (χ2v) is 10.9. The normalized spacial score (nSPS) is 11.9. The minimum atomic E-state index is -4.15. The summed E-state index contributed by atoms with van der Waals surface area (Å²) in [5, 5.41) is 2.57. The van der Waals surface area contributed by atoms with Gasteiger partial charge in [0, 0.05) is 18.1 Å². The molecule has 0 fully saturated rings. The Morgan fingerprint density at radius 3 is 2.22 bits per heavy atom. The number of ether oxygens (including phenoxy) is 1. The van der Waals surface area contributed by atoms with Crippen LogP contribution in [0.3, 0.4) is 0 Å². The molecule has 1 unspecified atom stereocenters. The van der Waals surface area contributed by atoms with Crippen LogP contribution in [0.1, 0.15) is 19.4 Å². The molecule has 196 valence electrons. The van der Waals surface area contributed by atoms with Gasteiger partial charge in [0.2, 0.25) is 11.8 Å². The van der Waals surface area contributed by atoms with E-state index in [9.17, 15) is 18.0 Å². The summed E-state index contributed by atoms with van der Waals surface area (Å²) < 4.78 is 35.3. The summed E-state index contributed by atoms with van der Waals surface area (Å²) >= 11 is 3.40. The average molecular weight is 589 g/mol. The van der Waals surface area contributed by atoms with Crippen molar-refractivity contribution >= 4 is 43.5 Å². The van der Waals surface area contributed by atoms with E-state index in [-0.39, 0.29) is 23.0 Å². The minimum absolute atomic E-state index is 0.0351. The van der Waals surface area contributed by atoms with Crippen LogP contribution < -0.4 is 14.4 Å². The SMILES string of the molecule is CCOc1ccccc1N(CC(=O)N(Cc1ccc(Br)cc1)C(C)C(=O)NC)S(=O)(=O)c1ccccc1. The van der Waals surface area contributed by atoms with Gasteiger partial charge >= 0.3 is 0 Å². The summed E-state index contributed by atoms with van der Waals surface area (Å²) in [6.45, 7) is 3.31. The molecule has 0 heterocycles. The molecule has 1 atom stereocenters. The number of anilines is 1. The predicted molar refractivity (Wildman–Crippen MR) is 147 cm³/mol. The van der Waals surface area contributed by atoms with Gasteiger partial charge in [-0.25, -0.2) is 8.42 Å². The van der Waals surface area contributed by atoms with Crippen molar-refractivity contribution in [1.29, 1.82) is 0 Å². The molecule has 37 heavy (non-hydrogen) atoms. The smallest absolute Gasteiger partial charge is 0.264 e. The highest BCUT2D eigenvalue weighted by Gasteiger charge is 2.33. The third kappa shape index (κ3) is 6.90. The van der Waals surface area contributed by atoms with Crippen LogP contribution in [0.5, 0.6) is 5.75 Å². The summed E-state index contributed by atoms with van der Waals surface area (Å²) in [6.07, 6.45) is 0. The molecular weight excluding hydrogens is 558 g/mol. The van der Waals surface area contributed by atoms with E-state index in [2.05, 4.69) is 21.2 Å². The maximum Gasteiger partial charge on any atom is 0.264 e. The van der Waals surface area contributed by atoms with Gasteiger partial charge in [0.05, 0.1) is 17.2 Å². The van der Waals surface area contributed by atoms with Gasteiger partial charge in [-0.05, 0) is 55.8 Å². The highest BCUT2D eigenvalue weighted by molar-refractivity contribution is 9.10. The number of para-hydroxylation sites is 2. The number of sulfonamides is 1. The summed E-state index contributed by atoms with van der Waals surface area (Å²) in [6, 6.07) is 21.1. The molecule has 1 N–H and O–H groups in total. The molecule has 0 bridgehead atoms. The van der Waals surface area contributed by atoms with Crippen molar-refractivity contribution in [1.82, 2.24) is 10.2 Å². The second kappa shape index (κ2) is 12.7. The van der Waals surface area contributed by atoms with Gasteiger partial charge in [-0.15, -0.1) is 0 Å². The molecule has 3 aromatic carbocycles. The summed E-state index contributed by atoms with van der Waals surface area (Å²) in [7, 11) is -2.66. The van der Waals surface area contributed by atoms with Gasteiger partial charge in [-0.1, -0.05) is 58.4 Å². The number of likely N-dealkylation sites (N-methyl/N-ethyl adjacent to an activating group) is 1. The third-order valence-corrected chi connectivity index (χ3v) is 8.03. The lowest BCUT2D eigenvalue weighted by molar-refractivity contribution is -0.139. The predicted octanol–water partition coefficient (Wildman–Crippen LogP) is 4.21. The Morgan fingerprint density at radius 1 is 0.973 bits per heavy atom. The van der Waals surface area contributed by atoms with Crippen molar-refractivity contribution < 1.29 is 22.7 Å². The Balaban J connectivity index is 2.06. The van der Waals surface area contributed by atoms with E-state index in [4.69, 9.17) is 4.74 Å². The zero-order valence-electron chi connectivity index (χ0n) is 20.9. The van der Waals surface area contributed by atoms with Crippen molar-refractivity contribution in [3.05, 3.63) is 88.9 Å². The molecule has 3 rings (SSSR count). The Kier molecular flexibility index (Phi) is 9.71. The molecule has 0 spiro atoms. The van der Waals surface area contributed by atoms with Crippen molar-refractivity contribution in [3.63, 3.8) is 0 Å². The maximum atomic E-state index is 13.8. The molecule has 0 saturated carbocycles. The molecular formula is C27H30BrN3O5S. The molecule has 0 aliphatic heterocycles. The van der Waals surface area contributed by atoms with Crippen molar-refractivity contribution in [2.45, 2.75) is 31.3 Å². The average Bonchev–Trinajstić information content (AvgIpc) is 2.91. The highest BCUT2D eigenvalue weighted by atomic mass is 79.9. The molecule has 0 aliphatic carbocycles. The van der Waals surface area contributed by atoms with E-state index in [0.29, 0.717) is 12.4 Å². The van der Waals surface area contributed by atoms with E-state index >= 15 is 0 Å². The van der Waals surface area contributed by atoms with Crippen LogP contribution in [0.2, 0.25) is 0 Å². The number of nitrogens with one attached hydrogen (secondary N) is 1. The van der Waals surface area contributed by atoms with Gasteiger partial charge in [-0.3, -0.25) is 13.9 Å². The van der Waals surface area contributed by atoms with Crippen LogP contribution >= 0.6 is 15.9 Å². The fourth-order valence-electron chi connectivity index (χ4n) is 3.75. The van der Waals surface area contributed by atoms with Crippen molar-refractivity contribution in [2.75, 3.05) is 24.5 Å². The summed E-state index contributed by atoms with van der Waals surface area (Å²) in [4.78, 5) is 27.8. The summed E-state index contributed by atoms with van der Waals surface area (Å²) in [5.74, 6) is -0.571. The Morgan fingerprint density at radius 2 is 1.59 bits per heavy atom. The second-order valence-electron chi connectivity index (χ2n) is 8.16. The number of carbonyl (C=O) groups excluding carboxylic acids is 2. The number of hydrogen-bond acceptors (Lipinski definition) is 5. The lowest BCUT2D eigenvalue weighted by Crippen LogP contribution is -2.50. The van der Waals surface area contributed by atoms with E-state index in [1.54, 1.807) is 56.3 Å². The lowest BCUT2D eigenvalue weighted by Gasteiger charge is -2.32. The number of amides is 2. The number of hydrogen-bond donors (Lipinski definition) is 1. The highest BCUT2D eigenvalue weighted by Crippen LogP contribution is 2.32. The number of rotatable bonds is 11. The standard InChI is InChI=1S/C27H30BrN3O5S/c1-4-36-25-13-9-8-12-24(25)31(37(34,35)23-10-6-5-7-11-23)19-26(32)30(20(2)27(33)29-3)18-21-14-16-22(28)17-15-21/h5-17,20H,4,18-19H2,1-3H3,(H,29,33). The van der Waals surface area contributed by atoms with Crippen molar-refractivity contribution in [2.24, 2.45) is 0 Å². The van der Waals surface area contributed by atoms with Crippen molar-refractivity contribution in [3.8, 4) is 5.75 Å².